The third-order valence-corrected chi connectivity index (χ3v) is 3.45. The van der Waals surface area contributed by atoms with Gasteiger partial charge in [0, 0.05) is 24.3 Å². The van der Waals surface area contributed by atoms with Crippen molar-refractivity contribution in [3.8, 4) is 0 Å². The smallest absolute Gasteiger partial charge is 0.339 e. The molecule has 0 atom stereocenters. The molecule has 1 N–H and O–H groups in total. The number of rotatable bonds is 5. The monoisotopic (exact) mass is 307 g/mol. The molecule has 116 valence electrons. The molecular weight excluding hydrogens is 290 g/mol. The molecule has 3 rings (SSSR count). The van der Waals surface area contributed by atoms with Crippen molar-refractivity contribution < 1.29 is 9.53 Å². The fourth-order valence-corrected chi connectivity index (χ4v) is 2.33. The van der Waals surface area contributed by atoms with Crippen molar-refractivity contribution in [3.05, 3.63) is 66.0 Å². The number of anilines is 1. The van der Waals surface area contributed by atoms with Crippen molar-refractivity contribution in [2.75, 3.05) is 11.9 Å². The molecule has 0 spiro atoms. The van der Waals surface area contributed by atoms with Gasteiger partial charge in [0.1, 0.15) is 5.82 Å². The molecule has 1 aromatic carbocycles. The fourth-order valence-electron chi connectivity index (χ4n) is 2.33. The molecule has 2 heterocycles. The van der Waals surface area contributed by atoms with Crippen LogP contribution < -0.4 is 5.32 Å². The van der Waals surface area contributed by atoms with Gasteiger partial charge in [0.05, 0.1) is 17.7 Å². The van der Waals surface area contributed by atoms with E-state index in [1.54, 1.807) is 25.3 Å². The summed E-state index contributed by atoms with van der Waals surface area (Å²) in [6.07, 6.45) is 3.31. The van der Waals surface area contributed by atoms with Gasteiger partial charge in [-0.05, 0) is 30.7 Å². The van der Waals surface area contributed by atoms with Crippen LogP contribution in [0, 0.1) is 0 Å². The van der Waals surface area contributed by atoms with E-state index in [0.29, 0.717) is 24.5 Å². The summed E-state index contributed by atoms with van der Waals surface area (Å²) in [5.41, 5.74) is 2.52. The minimum atomic E-state index is -0.357. The van der Waals surface area contributed by atoms with Gasteiger partial charge in [-0.1, -0.05) is 24.3 Å². The standard InChI is InChI=1S/C18H17N3O2/c1-2-23-18(22)15-8-9-16(21-12-15)20-11-14-6-3-5-13-7-4-10-19-17(13)14/h3-10,12H,2,11H2,1H3,(H,20,21). The normalized spacial score (nSPS) is 10.5. The Morgan fingerprint density at radius 1 is 1.13 bits per heavy atom. The van der Waals surface area contributed by atoms with Gasteiger partial charge in [-0.2, -0.15) is 0 Å². The van der Waals surface area contributed by atoms with Gasteiger partial charge in [0.2, 0.25) is 0 Å². The average Bonchev–Trinajstić information content (AvgIpc) is 2.60. The summed E-state index contributed by atoms with van der Waals surface area (Å²) in [4.78, 5) is 20.3. The van der Waals surface area contributed by atoms with Crippen molar-refractivity contribution in [2.45, 2.75) is 13.5 Å². The quantitative estimate of drug-likeness (QED) is 0.732. The number of hydrogen-bond acceptors (Lipinski definition) is 5. The minimum Gasteiger partial charge on any atom is -0.462 e. The Hall–Kier alpha value is -2.95. The molecular formula is C18H17N3O2. The zero-order chi connectivity index (χ0) is 16.1. The second-order valence-electron chi connectivity index (χ2n) is 5.00. The van der Waals surface area contributed by atoms with E-state index in [4.69, 9.17) is 4.74 Å². The molecule has 0 saturated carbocycles. The number of carbonyl (C=O) groups is 1. The Morgan fingerprint density at radius 3 is 2.78 bits per heavy atom. The largest absolute Gasteiger partial charge is 0.462 e. The van der Waals surface area contributed by atoms with Crippen LogP contribution in [0.1, 0.15) is 22.8 Å². The minimum absolute atomic E-state index is 0.354. The molecule has 0 aliphatic rings. The van der Waals surface area contributed by atoms with Gasteiger partial charge in [0.15, 0.2) is 0 Å². The second kappa shape index (κ2) is 6.87. The highest BCUT2D eigenvalue weighted by Crippen LogP contribution is 2.17. The molecule has 2 aromatic heterocycles. The molecule has 0 radical (unpaired) electrons. The molecule has 0 unspecified atom stereocenters. The summed E-state index contributed by atoms with van der Waals surface area (Å²) in [5.74, 6) is 0.343. The molecule has 3 aromatic rings. The van der Waals surface area contributed by atoms with Crippen molar-refractivity contribution in [3.63, 3.8) is 0 Å². The summed E-state index contributed by atoms with van der Waals surface area (Å²) in [7, 11) is 0. The number of carbonyl (C=O) groups excluding carboxylic acids is 1. The van der Waals surface area contributed by atoms with Crippen molar-refractivity contribution in [1.82, 2.24) is 9.97 Å². The zero-order valence-electron chi connectivity index (χ0n) is 12.8. The summed E-state index contributed by atoms with van der Waals surface area (Å²) < 4.78 is 4.94. The summed E-state index contributed by atoms with van der Waals surface area (Å²) >= 11 is 0. The highest BCUT2D eigenvalue weighted by molar-refractivity contribution is 5.89. The summed E-state index contributed by atoms with van der Waals surface area (Å²) in [6, 6.07) is 13.5. The van der Waals surface area contributed by atoms with Gasteiger partial charge in [-0.3, -0.25) is 4.98 Å². The molecule has 0 aliphatic carbocycles. The molecule has 0 bridgehead atoms. The van der Waals surface area contributed by atoms with Crippen LogP contribution in [-0.2, 0) is 11.3 Å². The SMILES string of the molecule is CCOC(=O)c1ccc(NCc2cccc3cccnc23)nc1. The lowest BCUT2D eigenvalue weighted by molar-refractivity contribution is 0.0526. The van der Waals surface area contributed by atoms with E-state index < -0.39 is 0 Å². The Bertz CT molecular complexity index is 811. The van der Waals surface area contributed by atoms with Gasteiger partial charge >= 0.3 is 5.97 Å². The number of esters is 1. The van der Waals surface area contributed by atoms with Gasteiger partial charge < -0.3 is 10.1 Å². The third-order valence-electron chi connectivity index (χ3n) is 3.45. The van der Waals surface area contributed by atoms with Crippen molar-refractivity contribution in [2.24, 2.45) is 0 Å². The first-order chi connectivity index (χ1) is 11.3. The van der Waals surface area contributed by atoms with Gasteiger partial charge in [0.25, 0.3) is 0 Å². The van der Waals surface area contributed by atoms with Crippen LogP contribution in [0.5, 0.6) is 0 Å². The van der Waals surface area contributed by atoms with E-state index in [9.17, 15) is 4.79 Å². The molecule has 5 nitrogen and oxygen atoms in total. The summed E-state index contributed by atoms with van der Waals surface area (Å²) in [6.45, 7) is 2.74. The third kappa shape index (κ3) is 3.45. The Balaban J connectivity index is 1.71. The van der Waals surface area contributed by atoms with Gasteiger partial charge in [-0.15, -0.1) is 0 Å². The number of nitrogens with one attached hydrogen (secondary N) is 1. The molecule has 5 heteroatoms. The maximum atomic E-state index is 11.6. The van der Waals surface area contributed by atoms with Crippen LogP contribution >= 0.6 is 0 Å². The molecule has 0 amide bonds. The number of aromatic nitrogens is 2. The average molecular weight is 307 g/mol. The predicted octanol–water partition coefficient (Wildman–Crippen LogP) is 3.42. The number of nitrogens with zero attached hydrogens (tertiary/aromatic N) is 2. The first-order valence-electron chi connectivity index (χ1n) is 7.47. The second-order valence-corrected chi connectivity index (χ2v) is 5.00. The van der Waals surface area contributed by atoms with E-state index in [1.807, 2.05) is 30.3 Å². The molecule has 23 heavy (non-hydrogen) atoms. The first kappa shape index (κ1) is 15.0. The first-order valence-corrected chi connectivity index (χ1v) is 7.47. The van der Waals surface area contributed by atoms with Crippen LogP contribution in [0.15, 0.2) is 54.9 Å². The maximum Gasteiger partial charge on any atom is 0.339 e. The lowest BCUT2D eigenvalue weighted by Crippen LogP contribution is -2.06. The Kier molecular flexibility index (Phi) is 4.47. The van der Waals surface area contributed by atoms with Gasteiger partial charge in [-0.25, -0.2) is 9.78 Å². The highest BCUT2D eigenvalue weighted by atomic mass is 16.5. The van der Waals surface area contributed by atoms with E-state index in [-0.39, 0.29) is 5.97 Å². The number of fused-ring (bicyclic) bond motifs is 1. The van der Waals surface area contributed by atoms with E-state index in [1.165, 1.54) is 6.20 Å². The number of para-hydroxylation sites is 1. The van der Waals surface area contributed by atoms with Crippen LogP contribution in [0.3, 0.4) is 0 Å². The Labute approximate surface area is 134 Å². The van der Waals surface area contributed by atoms with Crippen LogP contribution in [-0.4, -0.2) is 22.5 Å². The van der Waals surface area contributed by atoms with E-state index in [0.717, 1.165) is 16.5 Å². The fraction of sp³-hybridized carbons (Fsp3) is 0.167. The zero-order valence-corrected chi connectivity index (χ0v) is 12.8. The van der Waals surface area contributed by atoms with Crippen molar-refractivity contribution >= 4 is 22.7 Å². The Morgan fingerprint density at radius 2 is 2.00 bits per heavy atom. The maximum absolute atomic E-state index is 11.6. The van der Waals surface area contributed by atoms with Crippen LogP contribution in [0.2, 0.25) is 0 Å². The van der Waals surface area contributed by atoms with E-state index in [2.05, 4.69) is 15.3 Å². The number of ether oxygens (including phenoxy) is 1. The van der Waals surface area contributed by atoms with Crippen molar-refractivity contribution in [1.29, 1.82) is 0 Å². The number of pyridine rings is 2. The van der Waals surface area contributed by atoms with E-state index >= 15 is 0 Å². The number of hydrogen-bond donors (Lipinski definition) is 1. The highest BCUT2D eigenvalue weighted by Gasteiger charge is 2.07. The molecule has 0 fully saturated rings. The topological polar surface area (TPSA) is 64.1 Å². The van der Waals surface area contributed by atoms with Crippen LogP contribution in [0.25, 0.3) is 10.9 Å². The summed E-state index contributed by atoms with van der Waals surface area (Å²) in [5, 5.41) is 4.36. The molecule has 0 saturated heterocycles. The number of benzene rings is 1. The lowest BCUT2D eigenvalue weighted by atomic mass is 10.1. The van der Waals surface area contributed by atoms with Crippen LogP contribution in [0.4, 0.5) is 5.82 Å². The lowest BCUT2D eigenvalue weighted by Gasteiger charge is -2.08. The predicted molar refractivity (Wildman–Crippen MR) is 89.3 cm³/mol. The molecule has 0 aliphatic heterocycles.